The Morgan fingerprint density at radius 1 is 1.14 bits per heavy atom. The molecule has 0 bridgehead atoms. The fraction of sp³-hybridized carbons (Fsp3) is 0.133. The first-order chi connectivity index (χ1) is 9.95. The molecule has 0 heterocycles. The van der Waals surface area contributed by atoms with Gasteiger partial charge in [-0.25, -0.2) is 0 Å². The highest BCUT2D eigenvalue weighted by Gasteiger charge is 2.06. The topological polar surface area (TPSA) is 41.1 Å². The van der Waals surface area contributed by atoms with E-state index >= 15 is 0 Å². The third-order valence-corrected chi connectivity index (χ3v) is 4.25. The average molecular weight is 435 g/mol. The number of rotatable bonds is 4. The molecule has 0 saturated carbocycles. The molecule has 0 spiro atoms. The zero-order valence-corrected chi connectivity index (χ0v) is 14.9. The second-order valence-electron chi connectivity index (χ2n) is 4.49. The van der Waals surface area contributed by atoms with Gasteiger partial charge in [0, 0.05) is 14.9 Å². The lowest BCUT2D eigenvalue weighted by Crippen LogP contribution is -2.22. The number of halogens is 3. The van der Waals surface area contributed by atoms with Gasteiger partial charge in [0.15, 0.2) is 0 Å². The summed E-state index contributed by atoms with van der Waals surface area (Å²) in [6.07, 6.45) is 0. The van der Waals surface area contributed by atoms with Crippen LogP contribution in [0.25, 0.3) is 0 Å². The number of carbonyl (C=O) groups excluding carboxylic acids is 1. The van der Waals surface area contributed by atoms with Crippen LogP contribution in [0.15, 0.2) is 36.4 Å². The molecule has 2 aromatic rings. The Kier molecular flexibility index (Phi) is 5.72. The minimum atomic E-state index is -0.120. The molecule has 0 saturated heterocycles. The van der Waals surface area contributed by atoms with Gasteiger partial charge >= 0.3 is 0 Å². The Hall–Kier alpha value is -0.980. The van der Waals surface area contributed by atoms with E-state index in [2.05, 4.69) is 33.2 Å². The maximum atomic E-state index is 11.9. The van der Waals surface area contributed by atoms with Gasteiger partial charge in [-0.1, -0.05) is 23.2 Å². The zero-order chi connectivity index (χ0) is 15.4. The molecule has 0 atom stereocenters. The van der Waals surface area contributed by atoms with Crippen LogP contribution in [-0.2, 0) is 4.79 Å². The lowest BCUT2D eigenvalue weighted by atomic mass is 10.2. The highest BCUT2D eigenvalue weighted by molar-refractivity contribution is 14.1. The predicted octanol–water partition coefficient (Wildman–Crippen LogP) is 4.96. The molecule has 1 amide bonds. The highest BCUT2D eigenvalue weighted by atomic mass is 127. The summed E-state index contributed by atoms with van der Waals surface area (Å²) in [6, 6.07) is 11.0. The number of carbonyl (C=O) groups is 1. The first-order valence-corrected chi connectivity index (χ1v) is 8.04. The van der Waals surface area contributed by atoms with Crippen molar-refractivity contribution in [3.05, 3.63) is 55.6 Å². The molecule has 2 rings (SSSR count). The monoisotopic (exact) mass is 434 g/mol. The fourth-order valence-electron chi connectivity index (χ4n) is 1.75. The van der Waals surface area contributed by atoms with Crippen molar-refractivity contribution >= 4 is 63.1 Å². The van der Waals surface area contributed by atoms with Crippen molar-refractivity contribution in [2.24, 2.45) is 0 Å². The minimum absolute atomic E-state index is 0.120. The molecule has 0 aliphatic rings. The molecule has 2 N–H and O–H groups in total. The van der Waals surface area contributed by atoms with Gasteiger partial charge in [-0.2, -0.15) is 0 Å². The van der Waals surface area contributed by atoms with E-state index in [9.17, 15) is 4.79 Å². The number of benzene rings is 2. The smallest absolute Gasteiger partial charge is 0.243 e. The van der Waals surface area contributed by atoms with Crippen molar-refractivity contribution in [2.45, 2.75) is 6.92 Å². The van der Waals surface area contributed by atoms with Crippen LogP contribution in [-0.4, -0.2) is 12.5 Å². The average Bonchev–Trinajstić information content (AvgIpc) is 2.43. The summed E-state index contributed by atoms with van der Waals surface area (Å²) in [4.78, 5) is 11.9. The molecular formula is C15H13Cl2IN2O. The first-order valence-electron chi connectivity index (χ1n) is 6.20. The second-order valence-corrected chi connectivity index (χ2v) is 6.55. The van der Waals surface area contributed by atoms with Crippen molar-refractivity contribution < 1.29 is 4.79 Å². The summed E-state index contributed by atoms with van der Waals surface area (Å²) < 4.78 is 1.14. The van der Waals surface area contributed by atoms with Gasteiger partial charge < -0.3 is 10.6 Å². The summed E-state index contributed by atoms with van der Waals surface area (Å²) in [5, 5.41) is 6.82. The molecule has 0 radical (unpaired) electrons. The fourth-order valence-corrected chi connectivity index (χ4v) is 2.70. The molecule has 2 aromatic carbocycles. The van der Waals surface area contributed by atoms with E-state index in [4.69, 9.17) is 23.2 Å². The Morgan fingerprint density at radius 2 is 1.90 bits per heavy atom. The molecule has 0 aliphatic heterocycles. The van der Waals surface area contributed by atoms with Crippen molar-refractivity contribution in [3.63, 3.8) is 0 Å². The zero-order valence-electron chi connectivity index (χ0n) is 11.2. The summed E-state index contributed by atoms with van der Waals surface area (Å²) in [5.41, 5.74) is 2.60. The number of hydrogen-bond donors (Lipinski definition) is 2. The van der Waals surface area contributed by atoms with Gasteiger partial charge in [-0.15, -0.1) is 0 Å². The van der Waals surface area contributed by atoms with Gasteiger partial charge in [0.05, 0.1) is 16.6 Å². The Balaban J connectivity index is 1.94. The van der Waals surface area contributed by atoms with Crippen LogP contribution in [0.5, 0.6) is 0 Å². The lowest BCUT2D eigenvalue weighted by molar-refractivity contribution is -0.114. The van der Waals surface area contributed by atoms with Crippen molar-refractivity contribution in [3.8, 4) is 0 Å². The van der Waals surface area contributed by atoms with Crippen molar-refractivity contribution in [1.29, 1.82) is 0 Å². The first kappa shape index (κ1) is 16.4. The second kappa shape index (κ2) is 7.33. The van der Waals surface area contributed by atoms with E-state index in [1.54, 1.807) is 18.2 Å². The summed E-state index contributed by atoms with van der Waals surface area (Å²) >= 11 is 14.0. The minimum Gasteiger partial charge on any atom is -0.376 e. The number of aryl methyl sites for hydroxylation is 1. The van der Waals surface area contributed by atoms with Gasteiger partial charge in [-0.3, -0.25) is 4.79 Å². The molecule has 0 fully saturated rings. The molecule has 0 aliphatic carbocycles. The maximum Gasteiger partial charge on any atom is 0.243 e. The van der Waals surface area contributed by atoms with Crippen LogP contribution in [0.4, 0.5) is 11.4 Å². The Bertz CT molecular complexity index is 677. The molecule has 0 unspecified atom stereocenters. The van der Waals surface area contributed by atoms with Crippen LogP contribution >= 0.6 is 45.8 Å². The van der Waals surface area contributed by atoms with Crippen LogP contribution in [0, 0.1) is 10.5 Å². The summed E-state index contributed by atoms with van der Waals surface area (Å²) in [7, 11) is 0. The normalized spacial score (nSPS) is 10.3. The Labute approximate surface area is 147 Å². The van der Waals surface area contributed by atoms with E-state index in [0.29, 0.717) is 10.0 Å². The molecular weight excluding hydrogens is 422 g/mol. The summed E-state index contributed by atoms with van der Waals surface area (Å²) in [5.74, 6) is -0.120. The molecule has 0 aromatic heterocycles. The lowest BCUT2D eigenvalue weighted by Gasteiger charge is -2.10. The third kappa shape index (κ3) is 4.76. The summed E-state index contributed by atoms with van der Waals surface area (Å²) in [6.45, 7) is 2.12. The Morgan fingerprint density at radius 3 is 2.57 bits per heavy atom. The van der Waals surface area contributed by atoms with E-state index in [1.807, 2.05) is 25.1 Å². The molecule has 21 heavy (non-hydrogen) atoms. The van der Waals surface area contributed by atoms with E-state index in [-0.39, 0.29) is 12.5 Å². The van der Waals surface area contributed by atoms with Crippen molar-refractivity contribution in [1.82, 2.24) is 0 Å². The van der Waals surface area contributed by atoms with Gasteiger partial charge in [0.1, 0.15) is 0 Å². The van der Waals surface area contributed by atoms with E-state index in [0.717, 1.165) is 20.5 Å². The van der Waals surface area contributed by atoms with Crippen molar-refractivity contribution in [2.75, 3.05) is 17.2 Å². The predicted molar refractivity (Wildman–Crippen MR) is 97.5 cm³/mol. The van der Waals surface area contributed by atoms with Gasteiger partial charge in [0.25, 0.3) is 0 Å². The van der Waals surface area contributed by atoms with Gasteiger partial charge in [0.2, 0.25) is 5.91 Å². The number of anilines is 2. The number of amides is 1. The number of hydrogen-bond acceptors (Lipinski definition) is 2. The highest BCUT2D eigenvalue weighted by Crippen LogP contribution is 2.25. The third-order valence-electron chi connectivity index (χ3n) is 2.84. The van der Waals surface area contributed by atoms with Crippen LogP contribution in [0.3, 0.4) is 0 Å². The SMILES string of the molecule is Cc1cc(I)ccc1NC(=O)CNc1ccc(Cl)c(Cl)c1. The van der Waals surface area contributed by atoms with Gasteiger partial charge in [-0.05, 0) is 71.5 Å². The molecule has 3 nitrogen and oxygen atoms in total. The van der Waals surface area contributed by atoms with Crippen LogP contribution in [0.1, 0.15) is 5.56 Å². The molecule has 110 valence electrons. The standard InChI is InChI=1S/C15H13Cl2IN2O/c1-9-6-10(18)2-5-14(9)20-15(21)8-19-11-3-4-12(16)13(17)7-11/h2-7,19H,8H2,1H3,(H,20,21). The molecule has 6 heteroatoms. The van der Waals surface area contributed by atoms with E-state index < -0.39 is 0 Å². The maximum absolute atomic E-state index is 11.9. The largest absolute Gasteiger partial charge is 0.376 e. The van der Waals surface area contributed by atoms with Crippen LogP contribution < -0.4 is 10.6 Å². The number of nitrogens with one attached hydrogen (secondary N) is 2. The van der Waals surface area contributed by atoms with Crippen LogP contribution in [0.2, 0.25) is 10.0 Å². The quantitative estimate of drug-likeness (QED) is 0.668. The van der Waals surface area contributed by atoms with E-state index in [1.165, 1.54) is 0 Å².